The molecule has 0 aliphatic rings. The molecule has 0 radical (unpaired) electrons. The first-order valence-electron chi connectivity index (χ1n) is 5.79. The Hall–Kier alpha value is -2.20. The summed E-state index contributed by atoms with van der Waals surface area (Å²) in [4.78, 5) is 15.8. The van der Waals surface area contributed by atoms with Crippen molar-refractivity contribution in [2.24, 2.45) is 0 Å². The second kappa shape index (κ2) is 4.82. The van der Waals surface area contributed by atoms with Gasteiger partial charge >= 0.3 is 0 Å². The molecule has 0 N–H and O–H groups in total. The Labute approximate surface area is 114 Å². The second-order valence-corrected chi connectivity index (χ2v) is 4.56. The molecule has 4 nitrogen and oxygen atoms in total. The van der Waals surface area contributed by atoms with E-state index in [4.69, 9.17) is 11.6 Å². The quantitative estimate of drug-likeness (QED) is 0.673. The van der Waals surface area contributed by atoms with Crippen molar-refractivity contribution >= 4 is 22.5 Å². The third-order valence-electron chi connectivity index (χ3n) is 2.88. The largest absolute Gasteiger partial charge is 0.287 e. The van der Waals surface area contributed by atoms with Crippen LogP contribution in [-0.4, -0.2) is 14.8 Å². The van der Waals surface area contributed by atoms with E-state index in [-0.39, 0.29) is 5.43 Å². The Morgan fingerprint density at radius 3 is 2.74 bits per heavy atom. The maximum absolute atomic E-state index is 11.7. The Morgan fingerprint density at radius 1 is 1.11 bits per heavy atom. The number of hydrogen-bond acceptors (Lipinski definition) is 3. The first-order chi connectivity index (χ1) is 9.24. The van der Waals surface area contributed by atoms with E-state index in [1.54, 1.807) is 23.0 Å². The number of hydrogen-bond donors (Lipinski definition) is 0. The number of benzene rings is 1. The molecule has 0 aliphatic heterocycles. The number of fused-ring (bicyclic) bond motifs is 1. The van der Waals surface area contributed by atoms with Crippen LogP contribution in [0.1, 0.15) is 5.56 Å². The molecule has 0 aliphatic carbocycles. The molecule has 2 aromatic heterocycles. The van der Waals surface area contributed by atoms with Crippen molar-refractivity contribution in [3.8, 4) is 0 Å². The molecule has 0 atom stereocenters. The van der Waals surface area contributed by atoms with E-state index in [1.807, 2.05) is 24.3 Å². The molecule has 3 aromatic rings. The minimum Gasteiger partial charge on any atom is -0.287 e. The molecular weight excluding hydrogens is 262 g/mol. The Bertz CT molecular complexity index is 781. The third kappa shape index (κ3) is 2.35. The van der Waals surface area contributed by atoms with Gasteiger partial charge in [-0.25, -0.2) is 4.98 Å². The number of nitrogens with zero attached hydrogens (tertiary/aromatic N) is 3. The predicted octanol–water partition coefficient (Wildman–Crippen LogP) is 2.49. The van der Waals surface area contributed by atoms with Crippen LogP contribution in [0.2, 0.25) is 5.15 Å². The van der Waals surface area contributed by atoms with Gasteiger partial charge in [-0.1, -0.05) is 29.8 Å². The molecule has 5 heteroatoms. The highest BCUT2D eigenvalue weighted by molar-refractivity contribution is 6.29. The summed E-state index contributed by atoms with van der Waals surface area (Å²) in [6.07, 6.45) is 3.04. The highest BCUT2D eigenvalue weighted by Gasteiger charge is 2.04. The van der Waals surface area contributed by atoms with Gasteiger partial charge in [0.15, 0.2) is 0 Å². The summed E-state index contributed by atoms with van der Waals surface area (Å²) in [5, 5.41) is 5.29. The van der Waals surface area contributed by atoms with Gasteiger partial charge in [0.2, 0.25) is 5.43 Å². The third-order valence-corrected chi connectivity index (χ3v) is 3.11. The van der Waals surface area contributed by atoms with Crippen LogP contribution >= 0.6 is 11.6 Å². The first-order valence-corrected chi connectivity index (χ1v) is 6.17. The molecule has 0 fully saturated rings. The monoisotopic (exact) mass is 271 g/mol. The molecule has 1 aromatic carbocycles. The fourth-order valence-corrected chi connectivity index (χ4v) is 2.07. The Balaban J connectivity index is 2.08. The summed E-state index contributed by atoms with van der Waals surface area (Å²) in [7, 11) is 0. The number of pyridine rings is 1. The molecule has 0 bridgehead atoms. The smallest absolute Gasteiger partial charge is 0.207 e. The fourth-order valence-electron chi connectivity index (χ4n) is 1.96. The second-order valence-electron chi connectivity index (χ2n) is 4.17. The van der Waals surface area contributed by atoms with E-state index in [2.05, 4.69) is 10.1 Å². The van der Waals surface area contributed by atoms with Gasteiger partial charge in [-0.05, 0) is 23.8 Å². The topological polar surface area (TPSA) is 47.8 Å². The molecule has 0 unspecified atom stereocenters. The van der Waals surface area contributed by atoms with Crippen LogP contribution in [0.15, 0.2) is 53.6 Å². The fraction of sp³-hybridized carbons (Fsp3) is 0.0714. The summed E-state index contributed by atoms with van der Waals surface area (Å²) in [5.74, 6) is 0. The van der Waals surface area contributed by atoms with Crippen molar-refractivity contribution in [1.82, 2.24) is 14.8 Å². The maximum Gasteiger partial charge on any atom is 0.207 e. The van der Waals surface area contributed by atoms with Gasteiger partial charge in [-0.15, -0.1) is 0 Å². The first kappa shape index (κ1) is 11.9. The highest BCUT2D eigenvalue weighted by Crippen LogP contribution is 2.11. The van der Waals surface area contributed by atoms with Crippen molar-refractivity contribution in [2.45, 2.75) is 6.54 Å². The van der Waals surface area contributed by atoms with Gasteiger partial charge in [0, 0.05) is 11.6 Å². The number of rotatable bonds is 2. The summed E-state index contributed by atoms with van der Waals surface area (Å²) >= 11 is 5.76. The van der Waals surface area contributed by atoms with Crippen molar-refractivity contribution in [3.63, 3.8) is 0 Å². The standard InChI is InChI=1S/C14H10ClN3O/c15-14-6-5-10(7-16-14)9-18-12-4-2-1-3-11(12)13(19)8-17-18/h1-8H,9H2. The van der Waals surface area contributed by atoms with E-state index >= 15 is 0 Å². The van der Waals surface area contributed by atoms with Crippen molar-refractivity contribution in [2.75, 3.05) is 0 Å². The lowest BCUT2D eigenvalue weighted by atomic mass is 10.2. The van der Waals surface area contributed by atoms with Gasteiger partial charge in [0.1, 0.15) is 5.15 Å². The molecular formula is C14H10ClN3O. The summed E-state index contributed by atoms with van der Waals surface area (Å²) in [6, 6.07) is 11.0. The van der Waals surface area contributed by atoms with Gasteiger partial charge < -0.3 is 0 Å². The van der Waals surface area contributed by atoms with Gasteiger partial charge in [-0.3, -0.25) is 9.48 Å². The van der Waals surface area contributed by atoms with E-state index < -0.39 is 0 Å². The highest BCUT2D eigenvalue weighted by atomic mass is 35.5. The number of para-hydroxylation sites is 1. The Kier molecular flexibility index (Phi) is 3.01. The molecule has 0 saturated carbocycles. The van der Waals surface area contributed by atoms with Crippen LogP contribution in [0.4, 0.5) is 0 Å². The summed E-state index contributed by atoms with van der Waals surface area (Å²) in [5.41, 5.74) is 1.72. The molecule has 2 heterocycles. The lowest BCUT2D eigenvalue weighted by Crippen LogP contribution is -2.12. The van der Waals surface area contributed by atoms with Crippen LogP contribution < -0.4 is 5.43 Å². The number of halogens is 1. The average Bonchev–Trinajstić information content (AvgIpc) is 2.45. The van der Waals surface area contributed by atoms with Crippen LogP contribution in [-0.2, 0) is 6.54 Å². The van der Waals surface area contributed by atoms with E-state index in [0.29, 0.717) is 17.1 Å². The van der Waals surface area contributed by atoms with Crippen molar-refractivity contribution < 1.29 is 0 Å². The molecule has 94 valence electrons. The zero-order valence-corrected chi connectivity index (χ0v) is 10.7. The number of aromatic nitrogens is 3. The molecule has 0 spiro atoms. The zero-order chi connectivity index (χ0) is 13.2. The van der Waals surface area contributed by atoms with Crippen LogP contribution in [0.3, 0.4) is 0 Å². The van der Waals surface area contributed by atoms with E-state index in [9.17, 15) is 4.79 Å². The minimum absolute atomic E-state index is 0.0684. The van der Waals surface area contributed by atoms with Gasteiger partial charge in [0.05, 0.1) is 18.3 Å². The zero-order valence-electron chi connectivity index (χ0n) is 9.95. The van der Waals surface area contributed by atoms with Crippen LogP contribution in [0.5, 0.6) is 0 Å². The lowest BCUT2D eigenvalue weighted by Gasteiger charge is -2.08. The van der Waals surface area contributed by atoms with Crippen LogP contribution in [0.25, 0.3) is 10.9 Å². The minimum atomic E-state index is -0.0684. The van der Waals surface area contributed by atoms with Gasteiger partial charge in [0.25, 0.3) is 0 Å². The predicted molar refractivity (Wildman–Crippen MR) is 74.4 cm³/mol. The van der Waals surface area contributed by atoms with E-state index in [1.165, 1.54) is 6.20 Å². The lowest BCUT2D eigenvalue weighted by molar-refractivity contribution is 0.693. The summed E-state index contributed by atoms with van der Waals surface area (Å²) < 4.78 is 1.78. The summed E-state index contributed by atoms with van der Waals surface area (Å²) in [6.45, 7) is 0.547. The normalized spacial score (nSPS) is 10.8. The average molecular weight is 272 g/mol. The molecule has 0 saturated heterocycles. The van der Waals surface area contributed by atoms with Gasteiger partial charge in [-0.2, -0.15) is 5.10 Å². The molecule has 19 heavy (non-hydrogen) atoms. The van der Waals surface area contributed by atoms with Crippen molar-refractivity contribution in [1.29, 1.82) is 0 Å². The Morgan fingerprint density at radius 2 is 1.95 bits per heavy atom. The molecule has 0 amide bonds. The van der Waals surface area contributed by atoms with E-state index in [0.717, 1.165) is 11.1 Å². The molecule has 3 rings (SSSR count). The maximum atomic E-state index is 11.7. The van der Waals surface area contributed by atoms with Crippen LogP contribution in [0, 0.1) is 0 Å². The van der Waals surface area contributed by atoms with Crippen molar-refractivity contribution in [3.05, 3.63) is 69.7 Å². The SMILES string of the molecule is O=c1cnn(Cc2ccc(Cl)nc2)c2ccccc12.